The van der Waals surface area contributed by atoms with Gasteiger partial charge in [-0.3, -0.25) is 0 Å². The molecule has 1 rings (SSSR count). The fourth-order valence-electron chi connectivity index (χ4n) is 1.67. The van der Waals surface area contributed by atoms with Crippen LogP contribution < -0.4 is 0 Å². The third-order valence-electron chi connectivity index (χ3n) is 2.48. The van der Waals surface area contributed by atoms with Gasteiger partial charge in [-0.15, -0.1) is 6.58 Å². The van der Waals surface area contributed by atoms with E-state index in [9.17, 15) is 0 Å². The van der Waals surface area contributed by atoms with Crippen LogP contribution in [0.25, 0.3) is 0 Å². The van der Waals surface area contributed by atoms with Crippen molar-refractivity contribution in [3.63, 3.8) is 0 Å². The summed E-state index contributed by atoms with van der Waals surface area (Å²) in [5.74, 6) is 0.962. The molecule has 1 heteroatoms. The number of allylic oxidation sites excluding steroid dienone is 3. The Kier molecular flexibility index (Phi) is 4.96. The molecule has 0 spiro atoms. The molecule has 12 heavy (non-hydrogen) atoms. The maximum atomic E-state index is 3.74. The summed E-state index contributed by atoms with van der Waals surface area (Å²) >= 11 is 2.46. The molecule has 0 bridgehead atoms. The van der Waals surface area contributed by atoms with Crippen LogP contribution in [-0.4, -0.2) is 0 Å². The Labute approximate surface area is 89.3 Å². The molecule has 0 radical (unpaired) electrons. The SMILES string of the molecule is C=CCCCC1CC=C(I)CC1. The molecule has 0 aliphatic heterocycles. The molecule has 0 nitrogen and oxygen atoms in total. The molecule has 0 N–H and O–H groups in total. The van der Waals surface area contributed by atoms with Crippen LogP contribution in [0.2, 0.25) is 0 Å². The second-order valence-electron chi connectivity index (χ2n) is 3.51. The first-order valence-electron chi connectivity index (χ1n) is 4.78. The summed E-state index contributed by atoms with van der Waals surface area (Å²) in [6.07, 6.45) is 12.4. The highest BCUT2D eigenvalue weighted by atomic mass is 127. The van der Waals surface area contributed by atoms with E-state index in [4.69, 9.17) is 0 Å². The molecule has 68 valence electrons. The van der Waals surface area contributed by atoms with E-state index in [2.05, 4.69) is 35.2 Å². The lowest BCUT2D eigenvalue weighted by molar-refractivity contribution is 0.432. The van der Waals surface area contributed by atoms with E-state index in [0.29, 0.717) is 0 Å². The van der Waals surface area contributed by atoms with Crippen molar-refractivity contribution in [2.75, 3.05) is 0 Å². The lowest BCUT2D eigenvalue weighted by Gasteiger charge is -2.18. The predicted octanol–water partition coefficient (Wildman–Crippen LogP) is 4.46. The van der Waals surface area contributed by atoms with E-state index >= 15 is 0 Å². The van der Waals surface area contributed by atoms with Crippen molar-refractivity contribution in [3.8, 4) is 0 Å². The molecule has 1 aliphatic carbocycles. The first kappa shape index (κ1) is 10.3. The normalized spacial score (nSPS) is 23.4. The Morgan fingerprint density at radius 1 is 1.67 bits per heavy atom. The minimum Gasteiger partial charge on any atom is -0.103 e. The van der Waals surface area contributed by atoms with Gasteiger partial charge in [0.2, 0.25) is 0 Å². The van der Waals surface area contributed by atoms with Crippen molar-refractivity contribution >= 4 is 22.6 Å². The lowest BCUT2D eigenvalue weighted by atomic mass is 9.90. The summed E-state index contributed by atoms with van der Waals surface area (Å²) < 4.78 is 1.56. The maximum absolute atomic E-state index is 3.74. The van der Waals surface area contributed by atoms with Gasteiger partial charge in [0.15, 0.2) is 0 Å². The summed E-state index contributed by atoms with van der Waals surface area (Å²) in [6, 6.07) is 0. The van der Waals surface area contributed by atoms with Gasteiger partial charge in [-0.25, -0.2) is 0 Å². The molecule has 1 unspecified atom stereocenters. The molecule has 0 saturated carbocycles. The van der Waals surface area contributed by atoms with Crippen LogP contribution in [0.4, 0.5) is 0 Å². The zero-order valence-electron chi connectivity index (χ0n) is 7.56. The van der Waals surface area contributed by atoms with Crippen LogP contribution >= 0.6 is 22.6 Å². The third-order valence-corrected chi connectivity index (χ3v) is 3.46. The van der Waals surface area contributed by atoms with Gasteiger partial charge in [-0.05, 0) is 70.6 Å². The van der Waals surface area contributed by atoms with Crippen molar-refractivity contribution in [1.82, 2.24) is 0 Å². The molecule has 0 fully saturated rings. The number of unbranched alkanes of at least 4 members (excludes halogenated alkanes) is 1. The first-order valence-corrected chi connectivity index (χ1v) is 5.86. The van der Waals surface area contributed by atoms with Crippen LogP contribution in [-0.2, 0) is 0 Å². The topological polar surface area (TPSA) is 0 Å². The Balaban J connectivity index is 2.14. The highest BCUT2D eigenvalue weighted by Crippen LogP contribution is 2.30. The van der Waals surface area contributed by atoms with Crippen LogP contribution in [0.5, 0.6) is 0 Å². The second-order valence-corrected chi connectivity index (χ2v) is 4.90. The lowest BCUT2D eigenvalue weighted by Crippen LogP contribution is -2.03. The minimum atomic E-state index is 0.962. The van der Waals surface area contributed by atoms with Crippen LogP contribution in [0, 0.1) is 5.92 Å². The third kappa shape index (κ3) is 3.74. The van der Waals surface area contributed by atoms with E-state index < -0.39 is 0 Å². The van der Waals surface area contributed by atoms with E-state index in [1.165, 1.54) is 38.5 Å². The largest absolute Gasteiger partial charge is 0.103 e. The fourth-order valence-corrected chi connectivity index (χ4v) is 2.24. The van der Waals surface area contributed by atoms with Gasteiger partial charge < -0.3 is 0 Å². The number of halogens is 1. The van der Waals surface area contributed by atoms with Gasteiger partial charge in [0.1, 0.15) is 0 Å². The van der Waals surface area contributed by atoms with Crippen LogP contribution in [0.3, 0.4) is 0 Å². The average Bonchev–Trinajstić information content (AvgIpc) is 2.09. The van der Waals surface area contributed by atoms with E-state index in [1.807, 2.05) is 6.08 Å². The van der Waals surface area contributed by atoms with Crippen molar-refractivity contribution in [2.24, 2.45) is 5.92 Å². The Bertz CT molecular complexity index is 170. The van der Waals surface area contributed by atoms with Crippen LogP contribution in [0.15, 0.2) is 22.3 Å². The van der Waals surface area contributed by atoms with Gasteiger partial charge >= 0.3 is 0 Å². The van der Waals surface area contributed by atoms with Gasteiger partial charge in [-0.1, -0.05) is 12.2 Å². The summed E-state index contributed by atoms with van der Waals surface area (Å²) in [5, 5.41) is 0. The van der Waals surface area contributed by atoms with Gasteiger partial charge in [0.05, 0.1) is 0 Å². The summed E-state index contributed by atoms with van der Waals surface area (Å²) in [6.45, 7) is 3.74. The van der Waals surface area contributed by atoms with Crippen molar-refractivity contribution < 1.29 is 0 Å². The Hall–Kier alpha value is 0.210. The quantitative estimate of drug-likeness (QED) is 0.404. The number of rotatable bonds is 4. The molecule has 0 amide bonds. The highest BCUT2D eigenvalue weighted by Gasteiger charge is 2.11. The zero-order valence-corrected chi connectivity index (χ0v) is 9.72. The van der Waals surface area contributed by atoms with Crippen molar-refractivity contribution in [2.45, 2.75) is 38.5 Å². The van der Waals surface area contributed by atoms with Crippen LogP contribution in [0.1, 0.15) is 38.5 Å². The smallest absolute Gasteiger partial charge is 0.0134 e. The Morgan fingerprint density at radius 3 is 3.08 bits per heavy atom. The molecule has 0 saturated heterocycles. The first-order chi connectivity index (χ1) is 5.83. The standard InChI is InChI=1S/C11H17I/c1-2-3-4-5-10-6-8-11(12)9-7-10/h2,8,10H,1,3-7,9H2. The molecular formula is C11H17I. The molecule has 1 aliphatic rings. The molecule has 1 atom stereocenters. The van der Waals surface area contributed by atoms with Crippen molar-refractivity contribution in [3.05, 3.63) is 22.3 Å². The van der Waals surface area contributed by atoms with Gasteiger partial charge in [0, 0.05) is 0 Å². The molecule has 0 aromatic carbocycles. The molecule has 0 aromatic rings. The molecule has 0 heterocycles. The van der Waals surface area contributed by atoms with E-state index in [-0.39, 0.29) is 0 Å². The summed E-state index contributed by atoms with van der Waals surface area (Å²) in [4.78, 5) is 0. The number of hydrogen-bond donors (Lipinski definition) is 0. The Morgan fingerprint density at radius 2 is 2.50 bits per heavy atom. The summed E-state index contributed by atoms with van der Waals surface area (Å²) in [7, 11) is 0. The van der Waals surface area contributed by atoms with E-state index in [0.717, 1.165) is 5.92 Å². The molecular weight excluding hydrogens is 259 g/mol. The highest BCUT2D eigenvalue weighted by molar-refractivity contribution is 14.1. The van der Waals surface area contributed by atoms with Gasteiger partial charge in [-0.2, -0.15) is 0 Å². The second kappa shape index (κ2) is 5.79. The minimum absolute atomic E-state index is 0.962. The monoisotopic (exact) mass is 276 g/mol. The summed E-state index contributed by atoms with van der Waals surface area (Å²) in [5.41, 5.74) is 0. The molecule has 0 aromatic heterocycles. The average molecular weight is 276 g/mol. The van der Waals surface area contributed by atoms with E-state index in [1.54, 1.807) is 3.58 Å². The van der Waals surface area contributed by atoms with Crippen molar-refractivity contribution in [1.29, 1.82) is 0 Å². The maximum Gasteiger partial charge on any atom is -0.0134 e. The number of hydrogen-bond acceptors (Lipinski definition) is 0. The fraction of sp³-hybridized carbons (Fsp3) is 0.636. The zero-order chi connectivity index (χ0) is 8.81. The van der Waals surface area contributed by atoms with Gasteiger partial charge in [0.25, 0.3) is 0 Å². The predicted molar refractivity (Wildman–Crippen MR) is 63.5 cm³/mol.